The van der Waals surface area contributed by atoms with Gasteiger partial charge in [0.1, 0.15) is 6.04 Å². The van der Waals surface area contributed by atoms with E-state index in [1.165, 1.54) is 21.6 Å². The topological polar surface area (TPSA) is 74.3 Å². The quantitative estimate of drug-likeness (QED) is 0.720. The molecule has 2 N–H and O–H groups in total. The zero-order chi connectivity index (χ0) is 23.0. The highest BCUT2D eigenvalue weighted by Gasteiger charge is 2.41. The van der Waals surface area contributed by atoms with Gasteiger partial charge in [0.25, 0.3) is 0 Å². The summed E-state index contributed by atoms with van der Waals surface area (Å²) in [7, 11) is 1.82. The number of amides is 2. The Morgan fingerprint density at radius 1 is 1.25 bits per heavy atom. The zero-order valence-corrected chi connectivity index (χ0v) is 20.5. The largest absolute Gasteiger partial charge is 0.347 e. The molecule has 2 heterocycles. The van der Waals surface area contributed by atoms with Gasteiger partial charge in [0.15, 0.2) is 0 Å². The maximum atomic E-state index is 13.3. The van der Waals surface area contributed by atoms with Gasteiger partial charge in [-0.15, -0.1) is 11.3 Å². The molecule has 6 nitrogen and oxygen atoms in total. The molecular weight excluding hydrogens is 420 g/mol. The first-order valence-electron chi connectivity index (χ1n) is 11.5. The molecule has 7 heteroatoms. The van der Waals surface area contributed by atoms with Gasteiger partial charge in [-0.1, -0.05) is 32.9 Å². The van der Waals surface area contributed by atoms with E-state index in [9.17, 15) is 9.59 Å². The minimum Gasteiger partial charge on any atom is -0.347 e. The number of benzene rings is 1. The third-order valence-electron chi connectivity index (χ3n) is 6.79. The van der Waals surface area contributed by atoms with Crippen LogP contribution in [-0.4, -0.2) is 47.4 Å². The number of carbonyl (C=O) groups excluding carboxylic acids is 2. The second kappa shape index (κ2) is 8.94. The predicted octanol–water partition coefficient (Wildman–Crippen LogP) is 3.85. The maximum absolute atomic E-state index is 13.3. The van der Waals surface area contributed by atoms with Crippen LogP contribution in [0.5, 0.6) is 0 Å². The van der Waals surface area contributed by atoms with E-state index in [0.29, 0.717) is 6.54 Å². The van der Waals surface area contributed by atoms with Crippen LogP contribution in [0.4, 0.5) is 0 Å². The van der Waals surface area contributed by atoms with Crippen molar-refractivity contribution in [3.8, 4) is 10.4 Å². The fourth-order valence-electron chi connectivity index (χ4n) is 5.15. The van der Waals surface area contributed by atoms with Crippen molar-refractivity contribution in [1.29, 1.82) is 0 Å². The molecule has 2 aliphatic rings. The molecule has 172 valence electrons. The van der Waals surface area contributed by atoms with Crippen LogP contribution >= 0.6 is 11.3 Å². The molecular formula is C25H34N4O2S. The maximum Gasteiger partial charge on any atom is 0.243 e. The van der Waals surface area contributed by atoms with E-state index in [4.69, 9.17) is 0 Å². The number of carbonyl (C=O) groups is 2. The lowest BCUT2D eigenvalue weighted by molar-refractivity contribution is -0.142. The molecule has 2 amide bonds. The molecule has 0 spiro atoms. The molecule has 3 atom stereocenters. The number of nitrogens with zero attached hydrogens (tertiary/aromatic N) is 2. The zero-order valence-electron chi connectivity index (χ0n) is 19.7. The van der Waals surface area contributed by atoms with Crippen molar-refractivity contribution in [2.24, 2.45) is 5.41 Å². The van der Waals surface area contributed by atoms with Crippen molar-refractivity contribution in [3.05, 3.63) is 40.5 Å². The number of likely N-dealkylation sites (N-methyl/N-ethyl adjacent to an activating group) is 1. The molecule has 1 fully saturated rings. The minimum atomic E-state index is -0.385. The first-order chi connectivity index (χ1) is 15.2. The minimum absolute atomic E-state index is 0.00868. The third kappa shape index (κ3) is 4.33. The van der Waals surface area contributed by atoms with Gasteiger partial charge in [0, 0.05) is 6.54 Å². The number of thiazole rings is 1. The van der Waals surface area contributed by atoms with Crippen molar-refractivity contribution in [1.82, 2.24) is 20.5 Å². The van der Waals surface area contributed by atoms with Gasteiger partial charge in [0.05, 0.1) is 28.2 Å². The van der Waals surface area contributed by atoms with Crippen LogP contribution in [0, 0.1) is 12.3 Å². The molecule has 0 saturated carbocycles. The molecule has 32 heavy (non-hydrogen) atoms. The van der Waals surface area contributed by atoms with Crippen LogP contribution in [0.15, 0.2) is 23.7 Å². The average Bonchev–Trinajstić information content (AvgIpc) is 3.46. The second-order valence-electron chi connectivity index (χ2n) is 10.1. The van der Waals surface area contributed by atoms with Gasteiger partial charge < -0.3 is 15.5 Å². The van der Waals surface area contributed by atoms with Crippen LogP contribution < -0.4 is 10.6 Å². The molecule has 1 aliphatic heterocycles. The fourth-order valence-corrected chi connectivity index (χ4v) is 5.95. The van der Waals surface area contributed by atoms with Crippen molar-refractivity contribution in [3.63, 3.8) is 0 Å². The Kier molecular flexibility index (Phi) is 6.41. The van der Waals surface area contributed by atoms with Crippen molar-refractivity contribution >= 4 is 23.2 Å². The molecule has 3 unspecified atom stereocenters. The highest BCUT2D eigenvalue weighted by molar-refractivity contribution is 7.13. The van der Waals surface area contributed by atoms with Crippen molar-refractivity contribution < 1.29 is 9.59 Å². The first kappa shape index (κ1) is 22.9. The van der Waals surface area contributed by atoms with Crippen LogP contribution in [0.2, 0.25) is 0 Å². The Balaban J connectivity index is 1.47. The van der Waals surface area contributed by atoms with E-state index in [2.05, 4.69) is 54.6 Å². The van der Waals surface area contributed by atoms with E-state index >= 15 is 0 Å². The molecule has 1 saturated heterocycles. The molecule has 1 aliphatic carbocycles. The number of aryl methyl sites for hydroxylation is 2. The molecule has 2 aromatic rings. The molecule has 0 bridgehead atoms. The molecule has 0 radical (unpaired) electrons. The second-order valence-corrected chi connectivity index (χ2v) is 10.9. The summed E-state index contributed by atoms with van der Waals surface area (Å²) >= 11 is 1.66. The summed E-state index contributed by atoms with van der Waals surface area (Å²) in [4.78, 5) is 33.8. The third-order valence-corrected chi connectivity index (χ3v) is 7.76. The Labute approximate surface area is 194 Å². The van der Waals surface area contributed by atoms with Crippen LogP contribution in [0.1, 0.15) is 62.9 Å². The summed E-state index contributed by atoms with van der Waals surface area (Å²) in [5, 5.41) is 6.42. The Morgan fingerprint density at radius 3 is 2.69 bits per heavy atom. The van der Waals surface area contributed by atoms with Gasteiger partial charge >= 0.3 is 0 Å². The Bertz CT molecular complexity index is 1010. The molecule has 1 aromatic carbocycles. The van der Waals surface area contributed by atoms with E-state index < -0.39 is 0 Å². The summed E-state index contributed by atoms with van der Waals surface area (Å²) in [6.07, 6.45) is 3.43. The monoisotopic (exact) mass is 454 g/mol. The fraction of sp³-hybridized carbons (Fsp3) is 0.560. The number of nitrogens with one attached hydrogen (secondary N) is 2. The summed E-state index contributed by atoms with van der Waals surface area (Å²) < 4.78 is 0. The number of fused-ring (bicyclic) bond motifs is 1. The van der Waals surface area contributed by atoms with E-state index in [-0.39, 0.29) is 35.4 Å². The van der Waals surface area contributed by atoms with Crippen molar-refractivity contribution in [2.75, 3.05) is 13.6 Å². The Hall–Kier alpha value is -2.25. The summed E-state index contributed by atoms with van der Waals surface area (Å²) in [6.45, 7) is 8.83. The van der Waals surface area contributed by atoms with Gasteiger partial charge in [-0.25, -0.2) is 4.98 Å². The van der Waals surface area contributed by atoms with Crippen LogP contribution in [0.3, 0.4) is 0 Å². The average molecular weight is 455 g/mol. The Morgan fingerprint density at radius 2 is 2.03 bits per heavy atom. The van der Waals surface area contributed by atoms with E-state index in [1.54, 1.807) is 16.2 Å². The number of likely N-dealkylation sites (tertiary alicyclic amines) is 1. The van der Waals surface area contributed by atoms with Crippen LogP contribution in [0.25, 0.3) is 10.4 Å². The number of aromatic nitrogens is 1. The molecule has 1 aromatic heterocycles. The number of hydrogen-bond acceptors (Lipinski definition) is 5. The molecule has 4 rings (SSSR count). The van der Waals surface area contributed by atoms with Gasteiger partial charge in [-0.3, -0.25) is 9.59 Å². The van der Waals surface area contributed by atoms with Crippen LogP contribution in [-0.2, 0) is 16.0 Å². The number of hydrogen-bond donors (Lipinski definition) is 2. The summed E-state index contributed by atoms with van der Waals surface area (Å²) in [6, 6.07) is 5.84. The van der Waals surface area contributed by atoms with Gasteiger partial charge in [-0.2, -0.15) is 0 Å². The lowest BCUT2D eigenvalue weighted by Crippen LogP contribution is -2.55. The normalized spacial score (nSPS) is 21.5. The van der Waals surface area contributed by atoms with Crippen molar-refractivity contribution in [2.45, 2.75) is 71.5 Å². The lowest BCUT2D eigenvalue weighted by Gasteiger charge is -2.35. The number of rotatable bonds is 5. The summed E-state index contributed by atoms with van der Waals surface area (Å²) in [5.41, 5.74) is 6.41. The summed E-state index contributed by atoms with van der Waals surface area (Å²) in [5.74, 6) is -0.00567. The van der Waals surface area contributed by atoms with Gasteiger partial charge in [-0.05, 0) is 67.8 Å². The SMILES string of the molecule is CNC(C(=O)N1CCCC1C(=O)NC1CCc2cc(-c3scnc3C)ccc21)C(C)(C)C. The highest BCUT2D eigenvalue weighted by atomic mass is 32.1. The van der Waals surface area contributed by atoms with Gasteiger partial charge in [0.2, 0.25) is 11.8 Å². The van der Waals surface area contributed by atoms with E-state index in [1.807, 2.05) is 19.5 Å². The smallest absolute Gasteiger partial charge is 0.243 e. The predicted molar refractivity (Wildman–Crippen MR) is 129 cm³/mol. The first-order valence-corrected chi connectivity index (χ1v) is 12.4. The standard InChI is InChI=1S/C25H34N4O2S/c1-15-21(32-14-27-15)17-8-10-18-16(13-17)9-11-19(18)28-23(30)20-7-6-12-29(20)24(31)22(26-5)25(2,3)4/h8,10,13-14,19-20,22,26H,6-7,9,11-12H2,1-5H3,(H,28,30). The van der Waals surface area contributed by atoms with E-state index in [0.717, 1.165) is 31.4 Å². The highest BCUT2D eigenvalue weighted by Crippen LogP contribution is 2.36. The lowest BCUT2D eigenvalue weighted by atomic mass is 9.86.